The summed E-state index contributed by atoms with van der Waals surface area (Å²) in [5, 5.41) is 17.3. The predicted octanol–water partition coefficient (Wildman–Crippen LogP) is 2.90. The minimum atomic E-state index is -4.35. The summed E-state index contributed by atoms with van der Waals surface area (Å²) in [5.41, 5.74) is 0.791. The maximum Gasteiger partial charge on any atom is 0.408 e. The first-order chi connectivity index (χ1) is 13.3. The highest BCUT2D eigenvalue weighted by molar-refractivity contribution is 5.49. The smallest absolute Gasteiger partial charge is 0.368 e. The second kappa shape index (κ2) is 6.89. The minimum absolute atomic E-state index is 0.0107. The van der Waals surface area contributed by atoms with E-state index in [2.05, 4.69) is 20.4 Å². The lowest BCUT2D eigenvalue weighted by Gasteiger charge is -2.27. The van der Waals surface area contributed by atoms with Crippen LogP contribution in [0.2, 0.25) is 0 Å². The van der Waals surface area contributed by atoms with Crippen molar-refractivity contribution in [2.75, 3.05) is 16.8 Å². The molecule has 1 aliphatic rings. The van der Waals surface area contributed by atoms with Gasteiger partial charge in [0.25, 0.3) is 0 Å². The second-order valence-electron chi connectivity index (χ2n) is 6.48. The highest BCUT2D eigenvalue weighted by Gasteiger charge is 2.46. The maximum absolute atomic E-state index is 13.3. The lowest BCUT2D eigenvalue weighted by atomic mass is 10.2. The van der Waals surface area contributed by atoms with Crippen LogP contribution in [0.1, 0.15) is 24.8 Å². The molecule has 4 heterocycles. The average molecular weight is 396 g/mol. The van der Waals surface area contributed by atoms with Crippen LogP contribution in [-0.4, -0.2) is 43.5 Å². The number of nitrogens with one attached hydrogen (secondary N) is 1. The van der Waals surface area contributed by atoms with E-state index in [-0.39, 0.29) is 30.2 Å². The lowest BCUT2D eigenvalue weighted by molar-refractivity contribution is -0.146. The van der Waals surface area contributed by atoms with Gasteiger partial charge in [-0.1, -0.05) is 0 Å². The van der Waals surface area contributed by atoms with Gasteiger partial charge < -0.3 is 15.3 Å². The average Bonchev–Trinajstić information content (AvgIpc) is 3.28. The van der Waals surface area contributed by atoms with Gasteiger partial charge in [0.2, 0.25) is 0 Å². The van der Waals surface area contributed by atoms with Gasteiger partial charge in [0.1, 0.15) is 23.4 Å². The molecule has 4 rings (SSSR count). The van der Waals surface area contributed by atoms with Gasteiger partial charge >= 0.3 is 6.18 Å². The molecule has 2 N–H and O–H groups in total. The fraction of sp³-hybridized carbons (Fsp3) is 0.353. The number of anilines is 2. The van der Waals surface area contributed by atoms with Crippen molar-refractivity contribution >= 4 is 17.2 Å². The van der Waals surface area contributed by atoms with Gasteiger partial charge in [0, 0.05) is 12.6 Å². The van der Waals surface area contributed by atoms with Crippen LogP contribution in [0.4, 0.5) is 29.1 Å². The Hall–Kier alpha value is -2.95. The largest absolute Gasteiger partial charge is 0.408 e. The third-order valence-corrected chi connectivity index (χ3v) is 4.59. The highest BCUT2D eigenvalue weighted by Crippen LogP contribution is 2.35. The Morgan fingerprint density at radius 1 is 1.21 bits per heavy atom. The van der Waals surface area contributed by atoms with Crippen LogP contribution < -0.4 is 10.2 Å². The quantitative estimate of drug-likeness (QED) is 0.522. The van der Waals surface area contributed by atoms with E-state index in [1.165, 1.54) is 33.9 Å². The van der Waals surface area contributed by atoms with Crippen LogP contribution in [0.3, 0.4) is 0 Å². The summed E-state index contributed by atoms with van der Waals surface area (Å²) in [7, 11) is 0. The first kappa shape index (κ1) is 18.4. The highest BCUT2D eigenvalue weighted by atomic mass is 19.4. The standard InChI is InChI=1S/C17H16F4N6O/c18-10-6-11(8-22-7-10)24-16(28)12-9-23-14-3-4-15(25-27(12)14)26-5-1-2-13(26)17(19,20)21/h3-4,6-9,13,16,24,28H,1-2,5H2. The monoisotopic (exact) mass is 396 g/mol. The van der Waals surface area contributed by atoms with Crippen molar-refractivity contribution in [3.8, 4) is 0 Å². The molecule has 3 aromatic rings. The Balaban J connectivity index is 1.65. The SMILES string of the molecule is OC(Nc1cncc(F)c1)c1cnc2ccc(N3CCCC3C(F)(F)F)nn12. The van der Waals surface area contributed by atoms with Crippen LogP contribution in [-0.2, 0) is 0 Å². The van der Waals surface area contributed by atoms with E-state index in [1.807, 2.05) is 0 Å². The van der Waals surface area contributed by atoms with Crippen LogP contribution in [0.5, 0.6) is 0 Å². The number of pyridine rings is 1. The Kier molecular flexibility index (Phi) is 4.53. The molecule has 148 valence electrons. The summed E-state index contributed by atoms with van der Waals surface area (Å²) >= 11 is 0. The number of hydrogen-bond acceptors (Lipinski definition) is 6. The molecule has 7 nitrogen and oxygen atoms in total. The molecule has 0 bridgehead atoms. The first-order valence-electron chi connectivity index (χ1n) is 8.56. The van der Waals surface area contributed by atoms with E-state index in [9.17, 15) is 22.7 Å². The minimum Gasteiger partial charge on any atom is -0.368 e. The number of alkyl halides is 3. The number of aromatic nitrogens is 4. The van der Waals surface area contributed by atoms with Crippen molar-refractivity contribution in [3.05, 3.63) is 48.3 Å². The molecule has 0 aliphatic carbocycles. The fourth-order valence-electron chi connectivity index (χ4n) is 3.32. The molecule has 28 heavy (non-hydrogen) atoms. The number of halogens is 4. The second-order valence-corrected chi connectivity index (χ2v) is 6.48. The maximum atomic E-state index is 13.3. The topological polar surface area (TPSA) is 78.6 Å². The van der Waals surface area contributed by atoms with Crippen molar-refractivity contribution in [1.82, 2.24) is 19.6 Å². The first-order valence-corrected chi connectivity index (χ1v) is 8.56. The predicted molar refractivity (Wildman–Crippen MR) is 92.2 cm³/mol. The molecular weight excluding hydrogens is 380 g/mol. The van der Waals surface area contributed by atoms with Crippen molar-refractivity contribution in [3.63, 3.8) is 0 Å². The Bertz CT molecular complexity index is 991. The zero-order valence-electron chi connectivity index (χ0n) is 14.4. The number of hydrogen-bond donors (Lipinski definition) is 2. The molecule has 0 spiro atoms. The fourth-order valence-corrected chi connectivity index (χ4v) is 3.32. The van der Waals surface area contributed by atoms with Crippen LogP contribution in [0.25, 0.3) is 5.65 Å². The number of nitrogens with zero attached hydrogens (tertiary/aromatic N) is 5. The molecular formula is C17H16F4N6O. The molecule has 0 aromatic carbocycles. The van der Waals surface area contributed by atoms with Gasteiger partial charge in [-0.25, -0.2) is 13.9 Å². The molecule has 0 saturated carbocycles. The van der Waals surface area contributed by atoms with Crippen LogP contribution in [0, 0.1) is 5.82 Å². The van der Waals surface area contributed by atoms with Gasteiger partial charge in [-0.05, 0) is 25.0 Å². The van der Waals surface area contributed by atoms with E-state index < -0.39 is 24.3 Å². The summed E-state index contributed by atoms with van der Waals surface area (Å²) in [6, 6.07) is 2.57. The Labute approximate surface area is 156 Å². The number of rotatable bonds is 4. The molecule has 1 aliphatic heterocycles. The van der Waals surface area contributed by atoms with E-state index in [4.69, 9.17) is 0 Å². The molecule has 0 amide bonds. The molecule has 0 radical (unpaired) electrons. The van der Waals surface area contributed by atoms with Gasteiger partial charge in [-0.15, -0.1) is 5.10 Å². The van der Waals surface area contributed by atoms with Crippen molar-refractivity contribution in [2.24, 2.45) is 0 Å². The lowest BCUT2D eigenvalue weighted by Crippen LogP contribution is -2.41. The number of aliphatic hydroxyl groups is 1. The number of imidazole rings is 1. The number of fused-ring (bicyclic) bond motifs is 1. The Morgan fingerprint density at radius 2 is 2.04 bits per heavy atom. The normalized spacial score (nSPS) is 18.6. The third kappa shape index (κ3) is 3.44. The van der Waals surface area contributed by atoms with E-state index >= 15 is 0 Å². The van der Waals surface area contributed by atoms with E-state index in [1.54, 1.807) is 0 Å². The van der Waals surface area contributed by atoms with Crippen molar-refractivity contribution in [2.45, 2.75) is 31.3 Å². The summed E-state index contributed by atoms with van der Waals surface area (Å²) < 4.78 is 54.3. The summed E-state index contributed by atoms with van der Waals surface area (Å²) in [6.45, 7) is 0.239. The van der Waals surface area contributed by atoms with E-state index in [0.717, 1.165) is 12.3 Å². The summed E-state index contributed by atoms with van der Waals surface area (Å²) in [4.78, 5) is 8.99. The molecule has 2 atom stereocenters. The van der Waals surface area contributed by atoms with Gasteiger partial charge in [-0.3, -0.25) is 4.98 Å². The zero-order valence-corrected chi connectivity index (χ0v) is 14.4. The van der Waals surface area contributed by atoms with Gasteiger partial charge in [0.05, 0.1) is 24.3 Å². The molecule has 1 fully saturated rings. The van der Waals surface area contributed by atoms with Crippen LogP contribution in [0.15, 0.2) is 36.8 Å². The van der Waals surface area contributed by atoms with E-state index in [0.29, 0.717) is 12.1 Å². The molecule has 11 heteroatoms. The van der Waals surface area contributed by atoms with Gasteiger partial charge in [0.15, 0.2) is 11.9 Å². The van der Waals surface area contributed by atoms with Crippen molar-refractivity contribution in [1.29, 1.82) is 0 Å². The summed E-state index contributed by atoms with van der Waals surface area (Å²) in [6.07, 6.45) is -1.55. The molecule has 3 aromatic heterocycles. The zero-order chi connectivity index (χ0) is 19.9. The number of aliphatic hydroxyl groups excluding tert-OH is 1. The Morgan fingerprint density at radius 3 is 2.79 bits per heavy atom. The third-order valence-electron chi connectivity index (χ3n) is 4.59. The van der Waals surface area contributed by atoms with Crippen LogP contribution >= 0.6 is 0 Å². The molecule has 2 unspecified atom stereocenters. The summed E-state index contributed by atoms with van der Waals surface area (Å²) in [5.74, 6) is -0.436. The van der Waals surface area contributed by atoms with Gasteiger partial charge in [-0.2, -0.15) is 13.2 Å². The molecule has 1 saturated heterocycles. The van der Waals surface area contributed by atoms with Crippen molar-refractivity contribution < 1.29 is 22.7 Å².